The minimum Gasteiger partial charge on any atom is -0.491 e. The molecule has 1 unspecified atom stereocenters. The quantitative estimate of drug-likeness (QED) is 0.557. The van der Waals surface area contributed by atoms with Crippen LogP contribution >= 0.6 is 11.6 Å². The second-order valence-electron chi connectivity index (χ2n) is 9.57. The molecule has 2 aromatic rings. The summed E-state index contributed by atoms with van der Waals surface area (Å²) in [5.41, 5.74) is 3.86. The highest BCUT2D eigenvalue weighted by Gasteiger charge is 2.20. The molecule has 1 aliphatic rings. The van der Waals surface area contributed by atoms with Crippen LogP contribution in [0, 0.1) is 6.92 Å². The van der Waals surface area contributed by atoms with Crippen molar-refractivity contribution in [1.29, 1.82) is 0 Å². The van der Waals surface area contributed by atoms with Gasteiger partial charge in [-0.3, -0.25) is 4.90 Å². The van der Waals surface area contributed by atoms with Crippen molar-refractivity contribution in [2.24, 2.45) is 0 Å². The monoisotopic (exact) mass is 460 g/mol. The highest BCUT2D eigenvalue weighted by atomic mass is 35.5. The molecule has 0 saturated carbocycles. The number of anilines is 1. The fourth-order valence-corrected chi connectivity index (χ4v) is 4.10. The maximum atomic E-state index is 10.3. The van der Waals surface area contributed by atoms with E-state index < -0.39 is 6.10 Å². The fraction of sp³-hybridized carbons (Fsp3) is 0.538. The predicted molar refractivity (Wildman–Crippen MR) is 132 cm³/mol. The Morgan fingerprint density at radius 3 is 2.34 bits per heavy atom. The van der Waals surface area contributed by atoms with Crippen molar-refractivity contribution in [2.75, 3.05) is 57.4 Å². The first-order valence-electron chi connectivity index (χ1n) is 11.4. The Hall–Kier alpha value is -1.79. The molecule has 0 bridgehead atoms. The molecule has 3 rings (SSSR count). The molecule has 1 heterocycles. The molecule has 0 radical (unpaired) electrons. The molecular formula is C26H37ClN2O3. The minimum atomic E-state index is -0.500. The number of halogens is 1. The third kappa shape index (κ3) is 7.38. The Balaban J connectivity index is 1.30. The van der Waals surface area contributed by atoms with Crippen LogP contribution in [0.2, 0.25) is 5.02 Å². The van der Waals surface area contributed by atoms with E-state index in [2.05, 4.69) is 55.7 Å². The number of β-amino-alcohol motifs (C(OH)–C–C–N with tert-alkyl or cyclic N) is 1. The number of aliphatic hydroxyl groups is 1. The molecule has 0 aliphatic carbocycles. The summed E-state index contributed by atoms with van der Waals surface area (Å²) in [6.07, 6.45) is -0.500. The third-order valence-electron chi connectivity index (χ3n) is 5.88. The Morgan fingerprint density at radius 2 is 1.69 bits per heavy atom. The maximum absolute atomic E-state index is 10.3. The minimum absolute atomic E-state index is 0.138. The van der Waals surface area contributed by atoms with Crippen LogP contribution in [-0.4, -0.2) is 68.7 Å². The van der Waals surface area contributed by atoms with Gasteiger partial charge < -0.3 is 19.5 Å². The van der Waals surface area contributed by atoms with Crippen molar-refractivity contribution < 1.29 is 14.6 Å². The molecule has 1 aliphatic heterocycles. The second-order valence-corrected chi connectivity index (χ2v) is 10.0. The van der Waals surface area contributed by atoms with E-state index in [9.17, 15) is 5.11 Å². The van der Waals surface area contributed by atoms with Gasteiger partial charge in [0.25, 0.3) is 0 Å². The van der Waals surface area contributed by atoms with Crippen molar-refractivity contribution >= 4 is 17.3 Å². The van der Waals surface area contributed by atoms with Gasteiger partial charge in [0.2, 0.25) is 0 Å². The standard InChI is InChI=1S/C26H37ClN2O3/c1-20-5-8-22(27)17-25(20)29-13-11-28(12-14-29)18-23(30)19-31-15-16-32-24-9-6-21(7-10-24)26(2,3)4/h5-10,17,23,30H,11-16,18-19H2,1-4H3. The molecule has 0 aromatic heterocycles. The first-order chi connectivity index (χ1) is 15.2. The second kappa shape index (κ2) is 11.4. The lowest BCUT2D eigenvalue weighted by Gasteiger charge is -2.37. The normalized spacial score (nSPS) is 16.2. The number of hydrogen-bond acceptors (Lipinski definition) is 5. The van der Waals surface area contributed by atoms with Gasteiger partial charge in [0.05, 0.1) is 19.3 Å². The SMILES string of the molecule is Cc1ccc(Cl)cc1N1CCN(CC(O)COCCOc2ccc(C(C)(C)C)cc2)CC1. The first kappa shape index (κ1) is 24.8. The number of benzene rings is 2. The largest absolute Gasteiger partial charge is 0.491 e. The lowest BCUT2D eigenvalue weighted by Crippen LogP contribution is -2.49. The van der Waals surface area contributed by atoms with E-state index in [4.69, 9.17) is 21.1 Å². The molecule has 1 atom stereocenters. The molecule has 5 nitrogen and oxygen atoms in total. The van der Waals surface area contributed by atoms with E-state index in [1.807, 2.05) is 24.3 Å². The summed E-state index contributed by atoms with van der Waals surface area (Å²) in [7, 11) is 0. The summed E-state index contributed by atoms with van der Waals surface area (Å²) in [6, 6.07) is 14.2. The lowest BCUT2D eigenvalue weighted by atomic mass is 9.87. The highest BCUT2D eigenvalue weighted by molar-refractivity contribution is 6.30. The molecule has 6 heteroatoms. The van der Waals surface area contributed by atoms with Gasteiger partial charge in [-0.05, 0) is 47.7 Å². The van der Waals surface area contributed by atoms with E-state index in [1.54, 1.807) is 0 Å². The summed E-state index contributed by atoms with van der Waals surface area (Å²) < 4.78 is 11.4. The van der Waals surface area contributed by atoms with Crippen LogP contribution in [0.3, 0.4) is 0 Å². The van der Waals surface area contributed by atoms with E-state index in [0.717, 1.165) is 37.0 Å². The van der Waals surface area contributed by atoms with Gasteiger partial charge in [-0.15, -0.1) is 0 Å². The van der Waals surface area contributed by atoms with Crippen molar-refractivity contribution in [3.63, 3.8) is 0 Å². The van der Waals surface area contributed by atoms with Crippen LogP contribution in [0.5, 0.6) is 5.75 Å². The zero-order chi connectivity index (χ0) is 23.1. The number of aryl methyl sites for hydroxylation is 1. The van der Waals surface area contributed by atoms with Crippen LogP contribution in [-0.2, 0) is 10.2 Å². The Morgan fingerprint density at radius 1 is 1.00 bits per heavy atom. The molecule has 176 valence electrons. The van der Waals surface area contributed by atoms with E-state index in [1.165, 1.54) is 16.8 Å². The predicted octanol–water partition coefficient (Wildman–Crippen LogP) is 4.52. The number of hydrogen-bond donors (Lipinski definition) is 1. The molecule has 0 amide bonds. The smallest absolute Gasteiger partial charge is 0.119 e. The van der Waals surface area contributed by atoms with Gasteiger partial charge in [0.1, 0.15) is 12.4 Å². The van der Waals surface area contributed by atoms with E-state index in [-0.39, 0.29) is 5.41 Å². The molecule has 0 spiro atoms. The fourth-order valence-electron chi connectivity index (χ4n) is 3.93. The molecule has 1 fully saturated rings. The molecule has 1 N–H and O–H groups in total. The van der Waals surface area contributed by atoms with Crippen LogP contribution in [0.15, 0.2) is 42.5 Å². The van der Waals surface area contributed by atoms with Crippen molar-refractivity contribution in [3.8, 4) is 5.75 Å². The summed E-state index contributed by atoms with van der Waals surface area (Å²) in [4.78, 5) is 4.66. The Kier molecular flexibility index (Phi) is 8.83. The van der Waals surface area contributed by atoms with Crippen molar-refractivity contribution in [3.05, 3.63) is 58.6 Å². The van der Waals surface area contributed by atoms with Gasteiger partial charge in [-0.25, -0.2) is 0 Å². The molecule has 32 heavy (non-hydrogen) atoms. The lowest BCUT2D eigenvalue weighted by molar-refractivity contribution is 0.00718. The average Bonchev–Trinajstić information content (AvgIpc) is 2.75. The Bertz CT molecular complexity index is 843. The number of ether oxygens (including phenoxy) is 2. The number of aliphatic hydroxyl groups excluding tert-OH is 1. The average molecular weight is 461 g/mol. The molecule has 1 saturated heterocycles. The number of rotatable bonds is 9. The van der Waals surface area contributed by atoms with Crippen LogP contribution in [0.25, 0.3) is 0 Å². The van der Waals surface area contributed by atoms with Gasteiger partial charge >= 0.3 is 0 Å². The van der Waals surface area contributed by atoms with Crippen LogP contribution in [0.1, 0.15) is 31.9 Å². The summed E-state index contributed by atoms with van der Waals surface area (Å²) in [6.45, 7) is 14.3. The van der Waals surface area contributed by atoms with E-state index >= 15 is 0 Å². The first-order valence-corrected chi connectivity index (χ1v) is 11.8. The number of nitrogens with zero attached hydrogens (tertiary/aromatic N) is 2. The Labute approximate surface area is 197 Å². The summed E-state index contributed by atoms with van der Waals surface area (Å²) >= 11 is 6.17. The van der Waals surface area contributed by atoms with Crippen LogP contribution < -0.4 is 9.64 Å². The van der Waals surface area contributed by atoms with Gasteiger partial charge in [-0.1, -0.05) is 50.6 Å². The molecular weight excluding hydrogens is 424 g/mol. The van der Waals surface area contributed by atoms with E-state index in [0.29, 0.717) is 26.4 Å². The van der Waals surface area contributed by atoms with Gasteiger partial charge in [0, 0.05) is 43.4 Å². The molecule has 2 aromatic carbocycles. The third-order valence-corrected chi connectivity index (χ3v) is 6.12. The topological polar surface area (TPSA) is 45.2 Å². The van der Waals surface area contributed by atoms with Gasteiger partial charge in [-0.2, -0.15) is 0 Å². The highest BCUT2D eigenvalue weighted by Crippen LogP contribution is 2.26. The van der Waals surface area contributed by atoms with Crippen molar-refractivity contribution in [2.45, 2.75) is 39.2 Å². The zero-order valence-electron chi connectivity index (χ0n) is 19.8. The van der Waals surface area contributed by atoms with Crippen molar-refractivity contribution in [1.82, 2.24) is 4.90 Å². The van der Waals surface area contributed by atoms with Crippen LogP contribution in [0.4, 0.5) is 5.69 Å². The van der Waals surface area contributed by atoms with Gasteiger partial charge in [0.15, 0.2) is 0 Å². The summed E-state index contributed by atoms with van der Waals surface area (Å²) in [5.74, 6) is 0.843. The summed E-state index contributed by atoms with van der Waals surface area (Å²) in [5, 5.41) is 11.1. The number of piperazine rings is 1. The maximum Gasteiger partial charge on any atom is 0.119 e. The zero-order valence-corrected chi connectivity index (χ0v) is 20.6.